The van der Waals surface area contributed by atoms with E-state index >= 15 is 0 Å². The van der Waals surface area contributed by atoms with Crippen LogP contribution in [-0.2, 0) is 13.0 Å². The van der Waals surface area contributed by atoms with Crippen molar-refractivity contribution in [2.45, 2.75) is 38.6 Å². The number of nitrogens with one attached hydrogen (secondary N) is 1. The first-order valence-electron chi connectivity index (χ1n) is 15.2. The van der Waals surface area contributed by atoms with Crippen LogP contribution in [-0.4, -0.2) is 4.40 Å². The number of allylic oxidation sites excluding steroid dienone is 6. The summed E-state index contributed by atoms with van der Waals surface area (Å²) in [6.45, 7) is 0.809. The summed E-state index contributed by atoms with van der Waals surface area (Å²) < 4.78 is 2.54. The Bertz CT molecular complexity index is 2030. The van der Waals surface area contributed by atoms with Crippen molar-refractivity contribution in [2.24, 2.45) is 0 Å². The highest BCUT2D eigenvalue weighted by Crippen LogP contribution is 2.41. The van der Waals surface area contributed by atoms with E-state index in [-0.39, 0.29) is 0 Å². The van der Waals surface area contributed by atoms with Gasteiger partial charge in [-0.15, -0.1) is 0 Å². The van der Waals surface area contributed by atoms with Crippen LogP contribution in [0.4, 0.5) is 0 Å². The van der Waals surface area contributed by atoms with E-state index in [0.29, 0.717) is 0 Å². The molecule has 42 heavy (non-hydrogen) atoms. The third-order valence-electron chi connectivity index (χ3n) is 9.02. The first-order valence-corrected chi connectivity index (χ1v) is 15.2. The number of fused-ring (bicyclic) bond motifs is 6. The highest BCUT2D eigenvalue weighted by molar-refractivity contribution is 6.17. The molecule has 0 saturated carbocycles. The highest BCUT2D eigenvalue weighted by atomic mass is 14.9. The molecule has 0 bridgehead atoms. The van der Waals surface area contributed by atoms with Gasteiger partial charge in [-0.2, -0.15) is 0 Å². The van der Waals surface area contributed by atoms with Gasteiger partial charge in [-0.25, -0.2) is 0 Å². The minimum atomic E-state index is 0.809. The molecule has 2 heteroatoms. The fourth-order valence-corrected chi connectivity index (χ4v) is 6.86. The third-order valence-corrected chi connectivity index (χ3v) is 9.02. The van der Waals surface area contributed by atoms with Gasteiger partial charge in [0.25, 0.3) is 0 Å². The lowest BCUT2D eigenvalue weighted by atomic mass is 9.98. The average molecular weight is 543 g/mol. The molecule has 1 N–H and O–H groups in total. The Balaban J connectivity index is 1.15. The van der Waals surface area contributed by atoms with Crippen molar-refractivity contribution in [1.82, 2.24) is 9.72 Å². The maximum Gasteiger partial charge on any atom is 0.0617 e. The van der Waals surface area contributed by atoms with Crippen LogP contribution in [0.15, 0.2) is 127 Å². The van der Waals surface area contributed by atoms with Gasteiger partial charge in [0.05, 0.1) is 11.0 Å². The predicted octanol–water partition coefficient (Wildman–Crippen LogP) is 10.1. The number of aromatic nitrogens is 1. The molecule has 0 atom stereocenters. The molecule has 0 aliphatic heterocycles. The summed E-state index contributed by atoms with van der Waals surface area (Å²) in [4.78, 5) is 0. The molecule has 2 heterocycles. The maximum atomic E-state index is 3.74. The molecule has 0 spiro atoms. The summed E-state index contributed by atoms with van der Waals surface area (Å²) in [5.41, 5.74) is 13.3. The number of rotatable bonds is 7. The molecule has 204 valence electrons. The summed E-state index contributed by atoms with van der Waals surface area (Å²) in [7, 11) is 0. The topological polar surface area (TPSA) is 16.4 Å². The number of hydrogen-bond donors (Lipinski definition) is 1. The molecule has 8 rings (SSSR count). The fourth-order valence-electron chi connectivity index (χ4n) is 6.86. The summed E-state index contributed by atoms with van der Waals surface area (Å²) in [5, 5.41) is 7.82. The predicted molar refractivity (Wildman–Crippen MR) is 179 cm³/mol. The SMILES string of the molecule is C1=CCCC(C/C=C(\NCc2ccccc2)c2ccc(-c3ccc4c5cccc6c7c(n(c4c3)c65)CCC=C7)cc2)=C1. The highest BCUT2D eigenvalue weighted by Gasteiger charge is 2.21. The second-order valence-corrected chi connectivity index (χ2v) is 11.6. The van der Waals surface area contributed by atoms with Gasteiger partial charge >= 0.3 is 0 Å². The second kappa shape index (κ2) is 10.5. The molecule has 6 aromatic rings. The second-order valence-electron chi connectivity index (χ2n) is 11.6. The van der Waals surface area contributed by atoms with E-state index in [0.717, 1.165) is 38.6 Å². The van der Waals surface area contributed by atoms with Crippen molar-refractivity contribution in [2.75, 3.05) is 0 Å². The Morgan fingerprint density at radius 3 is 2.45 bits per heavy atom. The van der Waals surface area contributed by atoms with Gasteiger partial charge in [-0.1, -0.05) is 127 Å². The van der Waals surface area contributed by atoms with Crippen molar-refractivity contribution < 1.29 is 0 Å². The molecule has 2 aliphatic carbocycles. The van der Waals surface area contributed by atoms with Crippen LogP contribution in [0.3, 0.4) is 0 Å². The Morgan fingerprint density at radius 2 is 1.60 bits per heavy atom. The summed E-state index contributed by atoms with van der Waals surface area (Å²) >= 11 is 0. The number of hydrogen-bond acceptors (Lipinski definition) is 1. The number of nitrogens with zero attached hydrogens (tertiary/aromatic N) is 1. The lowest BCUT2D eigenvalue weighted by Gasteiger charge is -2.14. The zero-order valence-electron chi connectivity index (χ0n) is 23.8. The average Bonchev–Trinajstić information content (AvgIpc) is 3.58. The normalized spacial score (nSPS) is 15.0. The van der Waals surface area contributed by atoms with E-state index in [9.17, 15) is 0 Å². The summed E-state index contributed by atoms with van der Waals surface area (Å²) in [6.07, 6.45) is 19.2. The number of benzene rings is 4. The van der Waals surface area contributed by atoms with E-state index in [2.05, 4.69) is 137 Å². The van der Waals surface area contributed by atoms with Crippen LogP contribution in [0.5, 0.6) is 0 Å². The minimum Gasteiger partial charge on any atom is -0.381 e. The smallest absolute Gasteiger partial charge is 0.0617 e. The summed E-state index contributed by atoms with van der Waals surface area (Å²) in [6, 6.07) is 33.6. The van der Waals surface area contributed by atoms with Crippen molar-refractivity contribution in [1.29, 1.82) is 0 Å². The van der Waals surface area contributed by atoms with Gasteiger partial charge in [0, 0.05) is 39.7 Å². The van der Waals surface area contributed by atoms with Crippen LogP contribution in [0.2, 0.25) is 0 Å². The number of aryl methyl sites for hydroxylation is 1. The van der Waals surface area contributed by atoms with Gasteiger partial charge in [0.2, 0.25) is 0 Å². The Morgan fingerprint density at radius 1 is 0.762 bits per heavy atom. The zero-order chi connectivity index (χ0) is 27.9. The molecule has 4 aromatic carbocycles. The molecule has 2 nitrogen and oxygen atoms in total. The molecule has 0 unspecified atom stereocenters. The van der Waals surface area contributed by atoms with Crippen LogP contribution >= 0.6 is 0 Å². The molecule has 2 aliphatic rings. The Hall–Kier alpha value is -4.82. The van der Waals surface area contributed by atoms with Crippen molar-refractivity contribution in [3.63, 3.8) is 0 Å². The van der Waals surface area contributed by atoms with E-state index in [1.807, 2.05) is 0 Å². The van der Waals surface area contributed by atoms with Crippen LogP contribution in [0.1, 0.15) is 48.1 Å². The quantitative estimate of drug-likeness (QED) is 0.212. The molecule has 0 amide bonds. The maximum absolute atomic E-state index is 3.74. The van der Waals surface area contributed by atoms with Gasteiger partial charge in [-0.05, 0) is 60.4 Å². The molecular formula is C40H34N2. The van der Waals surface area contributed by atoms with E-state index in [1.165, 1.54) is 72.0 Å². The Kier molecular flexibility index (Phi) is 6.26. The first kappa shape index (κ1) is 24.9. The van der Waals surface area contributed by atoms with Crippen molar-refractivity contribution in [3.8, 4) is 11.1 Å². The van der Waals surface area contributed by atoms with Gasteiger partial charge < -0.3 is 9.72 Å². The largest absolute Gasteiger partial charge is 0.381 e. The molecular weight excluding hydrogens is 508 g/mol. The Labute approximate surface area is 247 Å². The first-order chi connectivity index (χ1) is 20.8. The molecule has 0 fully saturated rings. The van der Waals surface area contributed by atoms with Gasteiger partial charge in [-0.3, -0.25) is 0 Å². The third kappa shape index (κ3) is 4.35. The fraction of sp³-hybridized carbons (Fsp3) is 0.150. The monoisotopic (exact) mass is 542 g/mol. The van der Waals surface area contributed by atoms with Gasteiger partial charge in [0.15, 0.2) is 0 Å². The van der Waals surface area contributed by atoms with Crippen LogP contribution in [0, 0.1) is 0 Å². The van der Waals surface area contributed by atoms with Crippen molar-refractivity contribution >= 4 is 39.0 Å². The lowest BCUT2D eigenvalue weighted by Crippen LogP contribution is -2.12. The zero-order valence-corrected chi connectivity index (χ0v) is 23.8. The molecule has 0 saturated heterocycles. The lowest BCUT2D eigenvalue weighted by molar-refractivity contribution is 0.878. The standard InChI is InChI=1S/C40H34N2/c1-3-10-28(11-4-1)18-25-37(41-27-29-12-5-2-6-13-29)31-21-19-30(20-22-31)32-23-24-34-36-16-9-15-35-33-14-7-8-17-38(33)42(40(35)36)39(34)26-32/h1-3,5-7,9-10,12-16,19-26,41H,4,8,11,17-18,27H2/b37-25-. The summed E-state index contributed by atoms with van der Waals surface area (Å²) in [5.74, 6) is 0. The van der Waals surface area contributed by atoms with Crippen LogP contribution in [0.25, 0.3) is 50.1 Å². The molecule has 0 radical (unpaired) electrons. The van der Waals surface area contributed by atoms with Crippen molar-refractivity contribution in [3.05, 3.63) is 149 Å². The van der Waals surface area contributed by atoms with E-state index < -0.39 is 0 Å². The van der Waals surface area contributed by atoms with E-state index in [1.54, 1.807) is 0 Å². The minimum absolute atomic E-state index is 0.809. The molecule has 2 aromatic heterocycles. The van der Waals surface area contributed by atoms with Gasteiger partial charge in [0.1, 0.15) is 0 Å². The van der Waals surface area contributed by atoms with E-state index in [4.69, 9.17) is 0 Å². The number of para-hydroxylation sites is 1. The van der Waals surface area contributed by atoms with Crippen LogP contribution < -0.4 is 5.32 Å².